The van der Waals surface area contributed by atoms with Gasteiger partial charge in [-0.25, -0.2) is 8.42 Å². The van der Waals surface area contributed by atoms with Crippen molar-refractivity contribution in [2.24, 2.45) is 0 Å². The summed E-state index contributed by atoms with van der Waals surface area (Å²) in [5, 5.41) is 10.0. The first-order chi connectivity index (χ1) is 8.95. The highest BCUT2D eigenvalue weighted by atomic mass is 32.2. The molecule has 0 unspecified atom stereocenters. The number of aromatic nitrogens is 1. The Hall–Kier alpha value is -0.980. The molecule has 0 aliphatic carbocycles. The third-order valence-electron chi connectivity index (χ3n) is 3.39. The van der Waals surface area contributed by atoms with Crippen molar-refractivity contribution >= 4 is 10.0 Å². The summed E-state index contributed by atoms with van der Waals surface area (Å²) in [7, 11) is -3.28. The molecular formula is C13H20N2O3S. The SMILES string of the molecule is CCCC1(O)CN(S(=O)(=O)CCc2ccccn2)C1. The maximum atomic E-state index is 12.1. The lowest BCUT2D eigenvalue weighted by Gasteiger charge is -2.45. The van der Waals surface area contributed by atoms with E-state index in [2.05, 4.69) is 4.98 Å². The molecule has 0 spiro atoms. The highest BCUT2D eigenvalue weighted by Crippen LogP contribution is 2.28. The number of aliphatic hydroxyl groups is 1. The van der Waals surface area contributed by atoms with E-state index < -0.39 is 15.6 Å². The summed E-state index contributed by atoms with van der Waals surface area (Å²) in [4.78, 5) is 4.11. The molecule has 1 N–H and O–H groups in total. The van der Waals surface area contributed by atoms with Crippen molar-refractivity contribution in [3.05, 3.63) is 30.1 Å². The highest BCUT2D eigenvalue weighted by Gasteiger charge is 2.45. The molecule has 2 rings (SSSR count). The van der Waals surface area contributed by atoms with Gasteiger partial charge < -0.3 is 5.11 Å². The van der Waals surface area contributed by atoms with Gasteiger partial charge in [-0.05, 0) is 18.6 Å². The van der Waals surface area contributed by atoms with E-state index in [4.69, 9.17) is 0 Å². The zero-order valence-corrected chi connectivity index (χ0v) is 11.9. The largest absolute Gasteiger partial charge is 0.387 e. The Morgan fingerprint density at radius 1 is 1.42 bits per heavy atom. The Bertz CT molecular complexity index is 510. The maximum absolute atomic E-state index is 12.1. The molecule has 0 saturated carbocycles. The molecule has 0 aromatic carbocycles. The molecule has 1 aliphatic rings. The van der Waals surface area contributed by atoms with Gasteiger partial charge in [-0.1, -0.05) is 19.4 Å². The summed E-state index contributed by atoms with van der Waals surface area (Å²) < 4.78 is 25.5. The lowest BCUT2D eigenvalue weighted by molar-refractivity contribution is -0.0652. The number of hydrogen-bond donors (Lipinski definition) is 1. The number of sulfonamides is 1. The highest BCUT2D eigenvalue weighted by molar-refractivity contribution is 7.89. The van der Waals surface area contributed by atoms with Crippen molar-refractivity contribution in [1.82, 2.24) is 9.29 Å². The first kappa shape index (κ1) is 14.4. The minimum atomic E-state index is -3.28. The van der Waals surface area contributed by atoms with Gasteiger partial charge in [0, 0.05) is 31.4 Å². The van der Waals surface area contributed by atoms with E-state index in [-0.39, 0.29) is 18.8 Å². The van der Waals surface area contributed by atoms with Crippen LogP contribution in [-0.4, -0.2) is 47.3 Å². The lowest BCUT2D eigenvalue weighted by atomic mass is 9.92. The number of hydrogen-bond acceptors (Lipinski definition) is 4. The van der Waals surface area contributed by atoms with Gasteiger partial charge in [0.05, 0.1) is 11.4 Å². The van der Waals surface area contributed by atoms with Gasteiger partial charge in [0.15, 0.2) is 0 Å². The van der Waals surface area contributed by atoms with E-state index in [1.807, 2.05) is 19.1 Å². The second-order valence-electron chi connectivity index (χ2n) is 5.13. The second kappa shape index (κ2) is 5.56. The van der Waals surface area contributed by atoms with Crippen LogP contribution in [0.15, 0.2) is 24.4 Å². The van der Waals surface area contributed by atoms with Gasteiger partial charge in [-0.15, -0.1) is 0 Å². The Labute approximate surface area is 114 Å². The van der Waals surface area contributed by atoms with Crippen molar-refractivity contribution in [1.29, 1.82) is 0 Å². The van der Waals surface area contributed by atoms with E-state index in [9.17, 15) is 13.5 Å². The summed E-state index contributed by atoms with van der Waals surface area (Å²) in [6.45, 7) is 2.44. The Morgan fingerprint density at radius 3 is 2.74 bits per heavy atom. The van der Waals surface area contributed by atoms with E-state index >= 15 is 0 Å². The van der Waals surface area contributed by atoms with Crippen molar-refractivity contribution in [2.75, 3.05) is 18.8 Å². The third kappa shape index (κ3) is 3.52. The van der Waals surface area contributed by atoms with E-state index in [1.165, 1.54) is 4.31 Å². The van der Waals surface area contributed by atoms with Gasteiger partial charge in [0.2, 0.25) is 10.0 Å². The summed E-state index contributed by atoms with van der Waals surface area (Å²) in [6, 6.07) is 5.47. The smallest absolute Gasteiger partial charge is 0.214 e. The fourth-order valence-electron chi connectivity index (χ4n) is 2.34. The Balaban J connectivity index is 1.87. The molecule has 0 bridgehead atoms. The molecule has 1 aromatic heterocycles. The average molecular weight is 284 g/mol. The molecule has 1 aromatic rings. The molecule has 1 fully saturated rings. The minimum Gasteiger partial charge on any atom is -0.387 e. The van der Waals surface area contributed by atoms with Crippen molar-refractivity contribution in [3.8, 4) is 0 Å². The molecule has 5 nitrogen and oxygen atoms in total. The van der Waals surface area contributed by atoms with Crippen molar-refractivity contribution in [2.45, 2.75) is 31.8 Å². The van der Waals surface area contributed by atoms with Gasteiger partial charge in [-0.2, -0.15) is 4.31 Å². The summed E-state index contributed by atoms with van der Waals surface area (Å²) >= 11 is 0. The molecule has 0 radical (unpaired) electrons. The van der Waals surface area contributed by atoms with Crippen LogP contribution in [0.5, 0.6) is 0 Å². The molecule has 106 valence electrons. The zero-order valence-electron chi connectivity index (χ0n) is 11.1. The number of β-amino-alcohol motifs (C(OH)–C–C–N with tert-alkyl or cyclic N) is 1. The number of nitrogens with zero attached hydrogens (tertiary/aromatic N) is 2. The Kier molecular flexibility index (Phi) is 4.23. The van der Waals surface area contributed by atoms with E-state index in [0.29, 0.717) is 12.8 Å². The quantitative estimate of drug-likeness (QED) is 0.839. The van der Waals surface area contributed by atoms with Crippen LogP contribution in [0.2, 0.25) is 0 Å². The number of pyridine rings is 1. The first-order valence-electron chi connectivity index (χ1n) is 6.55. The monoisotopic (exact) mass is 284 g/mol. The van der Waals surface area contributed by atoms with Crippen LogP contribution in [-0.2, 0) is 16.4 Å². The predicted octanol–water partition coefficient (Wildman–Crippen LogP) is 0.801. The first-order valence-corrected chi connectivity index (χ1v) is 8.16. The van der Waals surface area contributed by atoms with Gasteiger partial charge in [-0.3, -0.25) is 4.98 Å². The van der Waals surface area contributed by atoms with Crippen molar-refractivity contribution in [3.63, 3.8) is 0 Å². The predicted molar refractivity (Wildman–Crippen MR) is 73.2 cm³/mol. The molecule has 19 heavy (non-hydrogen) atoms. The normalized spacial score (nSPS) is 19.1. The standard InChI is InChI=1S/C13H20N2O3S/c1-2-7-13(16)10-15(11-13)19(17,18)9-6-12-5-3-4-8-14-12/h3-5,8,16H,2,6-7,9-11H2,1H3. The van der Waals surface area contributed by atoms with E-state index in [1.54, 1.807) is 12.3 Å². The van der Waals surface area contributed by atoms with Crippen LogP contribution < -0.4 is 0 Å². The van der Waals surface area contributed by atoms with Gasteiger partial charge in [0.1, 0.15) is 0 Å². The Morgan fingerprint density at radius 2 is 2.16 bits per heavy atom. The number of aryl methyl sites for hydroxylation is 1. The topological polar surface area (TPSA) is 70.5 Å². The van der Waals surface area contributed by atoms with Crippen LogP contribution >= 0.6 is 0 Å². The molecule has 2 heterocycles. The van der Waals surface area contributed by atoms with Gasteiger partial charge in [0.25, 0.3) is 0 Å². The van der Waals surface area contributed by atoms with Crippen LogP contribution in [0, 0.1) is 0 Å². The zero-order chi connectivity index (χ0) is 13.9. The van der Waals surface area contributed by atoms with Gasteiger partial charge >= 0.3 is 0 Å². The lowest BCUT2D eigenvalue weighted by Crippen LogP contribution is -2.63. The second-order valence-corrected chi connectivity index (χ2v) is 7.22. The van der Waals surface area contributed by atoms with Crippen LogP contribution in [0.3, 0.4) is 0 Å². The minimum absolute atomic E-state index is 0.0478. The fourth-order valence-corrected chi connectivity index (χ4v) is 3.94. The molecule has 0 atom stereocenters. The van der Waals surface area contributed by atoms with Crippen LogP contribution in [0.4, 0.5) is 0 Å². The molecule has 6 heteroatoms. The molecule has 0 amide bonds. The third-order valence-corrected chi connectivity index (χ3v) is 5.16. The molecule has 1 saturated heterocycles. The molecule has 1 aliphatic heterocycles. The summed E-state index contributed by atoms with van der Waals surface area (Å²) in [5.74, 6) is 0.0478. The summed E-state index contributed by atoms with van der Waals surface area (Å²) in [5.41, 5.74) is -0.0391. The average Bonchev–Trinajstić information content (AvgIpc) is 2.35. The van der Waals surface area contributed by atoms with E-state index in [0.717, 1.165) is 12.1 Å². The summed E-state index contributed by atoms with van der Waals surface area (Å²) in [6.07, 6.45) is 3.58. The number of rotatable bonds is 6. The van der Waals surface area contributed by atoms with Crippen LogP contribution in [0.1, 0.15) is 25.5 Å². The fraction of sp³-hybridized carbons (Fsp3) is 0.615. The molecular weight excluding hydrogens is 264 g/mol. The maximum Gasteiger partial charge on any atom is 0.214 e. The van der Waals surface area contributed by atoms with Crippen molar-refractivity contribution < 1.29 is 13.5 Å². The van der Waals surface area contributed by atoms with Crippen LogP contribution in [0.25, 0.3) is 0 Å².